The molecule has 1 heterocycles. The van der Waals surface area contributed by atoms with Crippen molar-refractivity contribution < 1.29 is 9.53 Å². The van der Waals surface area contributed by atoms with Gasteiger partial charge >= 0.3 is 0 Å². The van der Waals surface area contributed by atoms with Crippen LogP contribution in [0, 0.1) is 6.92 Å². The lowest BCUT2D eigenvalue weighted by Crippen LogP contribution is -2.56. The van der Waals surface area contributed by atoms with Gasteiger partial charge in [0.1, 0.15) is 5.75 Å². The summed E-state index contributed by atoms with van der Waals surface area (Å²) in [5.41, 5.74) is 1.17. The quantitative estimate of drug-likeness (QED) is 0.914. The van der Waals surface area contributed by atoms with E-state index in [0.717, 1.165) is 18.8 Å². The topological polar surface area (TPSA) is 41.6 Å². The first kappa shape index (κ1) is 14.9. The van der Waals surface area contributed by atoms with Crippen molar-refractivity contribution in [2.75, 3.05) is 19.7 Å². The molecule has 1 amide bonds. The number of nitrogens with one attached hydrogen (secondary N) is 1. The molecule has 1 aliphatic heterocycles. The first-order valence-electron chi connectivity index (χ1n) is 7.28. The molecule has 0 aliphatic carbocycles. The highest BCUT2D eigenvalue weighted by Gasteiger charge is 2.24. The standard InChI is InChI=1S/C16H24N2O2/c1-12-5-4-6-15(9-12)20-8-7-16(19)18-10-13(2)17-14(3)11-18/h4-6,9,13-14,17H,7-8,10-11H2,1-3H3. The maximum Gasteiger partial charge on any atom is 0.226 e. The first-order valence-corrected chi connectivity index (χ1v) is 7.28. The fourth-order valence-corrected chi connectivity index (χ4v) is 2.65. The fourth-order valence-electron chi connectivity index (χ4n) is 2.65. The molecular weight excluding hydrogens is 252 g/mol. The Balaban J connectivity index is 1.77. The lowest BCUT2D eigenvalue weighted by Gasteiger charge is -2.36. The highest BCUT2D eigenvalue weighted by molar-refractivity contribution is 5.76. The zero-order chi connectivity index (χ0) is 14.5. The summed E-state index contributed by atoms with van der Waals surface area (Å²) >= 11 is 0. The monoisotopic (exact) mass is 276 g/mol. The van der Waals surface area contributed by atoms with Gasteiger partial charge in [-0.15, -0.1) is 0 Å². The highest BCUT2D eigenvalue weighted by Crippen LogP contribution is 2.13. The van der Waals surface area contributed by atoms with E-state index in [-0.39, 0.29) is 5.91 Å². The molecule has 2 unspecified atom stereocenters. The Morgan fingerprint density at radius 3 is 2.70 bits per heavy atom. The second-order valence-electron chi connectivity index (χ2n) is 5.68. The van der Waals surface area contributed by atoms with Crippen LogP contribution in [0.4, 0.5) is 0 Å². The van der Waals surface area contributed by atoms with E-state index in [9.17, 15) is 4.79 Å². The average molecular weight is 276 g/mol. The molecule has 1 aromatic carbocycles. The molecule has 4 heteroatoms. The number of aryl methyl sites for hydroxylation is 1. The molecule has 0 spiro atoms. The van der Waals surface area contributed by atoms with E-state index in [4.69, 9.17) is 4.74 Å². The van der Waals surface area contributed by atoms with Crippen molar-refractivity contribution >= 4 is 5.91 Å². The molecule has 1 aliphatic rings. The van der Waals surface area contributed by atoms with E-state index in [0.29, 0.717) is 25.1 Å². The molecule has 2 atom stereocenters. The van der Waals surface area contributed by atoms with Crippen LogP contribution in [0.25, 0.3) is 0 Å². The van der Waals surface area contributed by atoms with Gasteiger partial charge < -0.3 is 15.0 Å². The van der Waals surface area contributed by atoms with Gasteiger partial charge in [0, 0.05) is 25.2 Å². The summed E-state index contributed by atoms with van der Waals surface area (Å²) in [5.74, 6) is 1.01. The molecule has 4 nitrogen and oxygen atoms in total. The van der Waals surface area contributed by atoms with Crippen LogP contribution >= 0.6 is 0 Å². The van der Waals surface area contributed by atoms with Gasteiger partial charge in [-0.25, -0.2) is 0 Å². The van der Waals surface area contributed by atoms with Crippen molar-refractivity contribution in [3.05, 3.63) is 29.8 Å². The van der Waals surface area contributed by atoms with Crippen LogP contribution in [-0.4, -0.2) is 42.6 Å². The number of rotatable bonds is 4. The van der Waals surface area contributed by atoms with Crippen LogP contribution in [0.2, 0.25) is 0 Å². The van der Waals surface area contributed by atoms with Crippen molar-refractivity contribution in [3.63, 3.8) is 0 Å². The summed E-state index contributed by atoms with van der Waals surface area (Å²) in [5, 5.41) is 3.43. The van der Waals surface area contributed by atoms with Crippen LogP contribution in [-0.2, 0) is 4.79 Å². The SMILES string of the molecule is Cc1cccc(OCCC(=O)N2CC(C)NC(C)C2)c1. The number of carbonyl (C=O) groups excluding carboxylic acids is 1. The molecule has 0 bridgehead atoms. The lowest BCUT2D eigenvalue weighted by atomic mass is 10.1. The van der Waals surface area contributed by atoms with E-state index < -0.39 is 0 Å². The molecule has 1 aromatic rings. The molecule has 1 fully saturated rings. The Hall–Kier alpha value is -1.55. The maximum absolute atomic E-state index is 12.2. The zero-order valence-corrected chi connectivity index (χ0v) is 12.6. The number of benzene rings is 1. The van der Waals surface area contributed by atoms with E-state index in [1.807, 2.05) is 36.1 Å². The number of amides is 1. The summed E-state index contributed by atoms with van der Waals surface area (Å²) in [4.78, 5) is 14.1. The number of hydrogen-bond donors (Lipinski definition) is 1. The molecule has 1 N–H and O–H groups in total. The largest absolute Gasteiger partial charge is 0.493 e. The number of piperazine rings is 1. The molecule has 20 heavy (non-hydrogen) atoms. The molecule has 1 saturated heterocycles. The van der Waals surface area contributed by atoms with Gasteiger partial charge in [-0.2, -0.15) is 0 Å². The maximum atomic E-state index is 12.2. The third kappa shape index (κ3) is 4.23. The Bertz CT molecular complexity index is 452. The summed E-state index contributed by atoms with van der Waals surface area (Å²) < 4.78 is 5.64. The minimum atomic E-state index is 0.179. The fraction of sp³-hybridized carbons (Fsp3) is 0.562. The third-order valence-corrected chi connectivity index (χ3v) is 3.48. The Morgan fingerprint density at radius 1 is 1.35 bits per heavy atom. The summed E-state index contributed by atoms with van der Waals surface area (Å²) in [7, 11) is 0. The Labute approximate surface area is 121 Å². The van der Waals surface area contributed by atoms with Crippen molar-refractivity contribution in [1.82, 2.24) is 10.2 Å². The number of carbonyl (C=O) groups is 1. The predicted molar refractivity (Wildman–Crippen MR) is 79.9 cm³/mol. The summed E-state index contributed by atoms with van der Waals surface area (Å²) in [6.07, 6.45) is 0.438. The van der Waals surface area contributed by atoms with E-state index >= 15 is 0 Å². The average Bonchev–Trinajstić information content (AvgIpc) is 2.37. The second-order valence-corrected chi connectivity index (χ2v) is 5.68. The summed E-state index contributed by atoms with van der Waals surface area (Å²) in [6, 6.07) is 8.63. The Kier molecular flexibility index (Phi) is 5.01. The molecule has 0 radical (unpaired) electrons. The van der Waals surface area contributed by atoms with Crippen molar-refractivity contribution in [2.45, 2.75) is 39.3 Å². The minimum absolute atomic E-state index is 0.179. The number of hydrogen-bond acceptors (Lipinski definition) is 3. The van der Waals surface area contributed by atoms with Crippen molar-refractivity contribution in [1.29, 1.82) is 0 Å². The molecule has 2 rings (SSSR count). The number of nitrogens with zero attached hydrogens (tertiary/aromatic N) is 1. The lowest BCUT2D eigenvalue weighted by molar-refractivity contribution is -0.133. The smallest absolute Gasteiger partial charge is 0.226 e. The Morgan fingerprint density at radius 2 is 2.05 bits per heavy atom. The zero-order valence-electron chi connectivity index (χ0n) is 12.6. The van der Waals surface area contributed by atoms with Crippen LogP contribution in [0.1, 0.15) is 25.8 Å². The van der Waals surface area contributed by atoms with E-state index in [1.54, 1.807) is 0 Å². The minimum Gasteiger partial charge on any atom is -0.493 e. The second kappa shape index (κ2) is 6.75. The van der Waals surface area contributed by atoms with E-state index in [1.165, 1.54) is 5.56 Å². The van der Waals surface area contributed by atoms with E-state index in [2.05, 4.69) is 19.2 Å². The van der Waals surface area contributed by atoms with Crippen LogP contribution in [0.5, 0.6) is 5.75 Å². The first-order chi connectivity index (χ1) is 9.54. The van der Waals surface area contributed by atoms with Gasteiger partial charge in [-0.1, -0.05) is 12.1 Å². The molecular formula is C16H24N2O2. The third-order valence-electron chi connectivity index (χ3n) is 3.48. The van der Waals surface area contributed by atoms with Gasteiger partial charge in [0.2, 0.25) is 5.91 Å². The van der Waals surface area contributed by atoms with Crippen LogP contribution < -0.4 is 10.1 Å². The predicted octanol–water partition coefficient (Wildman–Crippen LogP) is 1.97. The van der Waals surface area contributed by atoms with Gasteiger partial charge in [0.05, 0.1) is 13.0 Å². The van der Waals surface area contributed by atoms with Gasteiger partial charge in [0.25, 0.3) is 0 Å². The van der Waals surface area contributed by atoms with Crippen LogP contribution in [0.3, 0.4) is 0 Å². The molecule has 0 aromatic heterocycles. The van der Waals surface area contributed by atoms with Crippen LogP contribution in [0.15, 0.2) is 24.3 Å². The molecule has 110 valence electrons. The van der Waals surface area contributed by atoms with Gasteiger partial charge in [0.15, 0.2) is 0 Å². The number of ether oxygens (including phenoxy) is 1. The molecule has 0 saturated carbocycles. The summed E-state index contributed by atoms with van der Waals surface area (Å²) in [6.45, 7) is 8.26. The van der Waals surface area contributed by atoms with Gasteiger partial charge in [-0.05, 0) is 38.5 Å². The van der Waals surface area contributed by atoms with Gasteiger partial charge in [-0.3, -0.25) is 4.79 Å². The normalized spacial score (nSPS) is 22.6. The highest BCUT2D eigenvalue weighted by atomic mass is 16.5. The van der Waals surface area contributed by atoms with Crippen molar-refractivity contribution in [3.8, 4) is 5.75 Å². The van der Waals surface area contributed by atoms with Crippen molar-refractivity contribution in [2.24, 2.45) is 0 Å².